The summed E-state index contributed by atoms with van der Waals surface area (Å²) in [4.78, 5) is 11.1. The highest BCUT2D eigenvalue weighted by Gasteiger charge is 2.10. The average Bonchev–Trinajstić information content (AvgIpc) is 2.17. The van der Waals surface area contributed by atoms with Crippen molar-refractivity contribution in [2.24, 2.45) is 0 Å². The standard InChI is InChI=1S/C10H11Cl2NO3/c1-3-16-10(14)13-6-4-7(11)9(15-2)8(12)5-6/h4-5H,3H2,1-2H3,(H,13,14). The zero-order valence-corrected chi connectivity index (χ0v) is 10.4. The Labute approximate surface area is 103 Å². The quantitative estimate of drug-likeness (QED) is 0.907. The van der Waals surface area contributed by atoms with Crippen molar-refractivity contribution in [3.05, 3.63) is 22.2 Å². The predicted octanol–water partition coefficient (Wildman–Crippen LogP) is 3.57. The zero-order valence-electron chi connectivity index (χ0n) is 8.84. The molecule has 0 unspecified atom stereocenters. The largest absolute Gasteiger partial charge is 0.494 e. The molecule has 1 aromatic carbocycles. The lowest BCUT2D eigenvalue weighted by molar-refractivity contribution is 0.168. The molecule has 0 aliphatic carbocycles. The minimum Gasteiger partial charge on any atom is -0.494 e. The van der Waals surface area contributed by atoms with E-state index in [0.717, 1.165) is 0 Å². The fourth-order valence-corrected chi connectivity index (χ4v) is 1.75. The van der Waals surface area contributed by atoms with E-state index >= 15 is 0 Å². The van der Waals surface area contributed by atoms with E-state index in [4.69, 9.17) is 32.7 Å². The lowest BCUT2D eigenvalue weighted by atomic mass is 10.3. The van der Waals surface area contributed by atoms with Gasteiger partial charge in [0.05, 0.1) is 23.8 Å². The molecule has 0 saturated carbocycles. The van der Waals surface area contributed by atoms with Crippen LogP contribution in [0.1, 0.15) is 6.92 Å². The van der Waals surface area contributed by atoms with Gasteiger partial charge in [0, 0.05) is 5.69 Å². The van der Waals surface area contributed by atoms with Crippen LogP contribution in [0, 0.1) is 0 Å². The second-order valence-corrected chi connectivity index (χ2v) is 3.63. The molecule has 1 N–H and O–H groups in total. The molecule has 16 heavy (non-hydrogen) atoms. The number of benzene rings is 1. The third-order valence-corrected chi connectivity index (χ3v) is 2.29. The number of anilines is 1. The average molecular weight is 264 g/mol. The van der Waals surface area contributed by atoms with Gasteiger partial charge in [-0.1, -0.05) is 23.2 Å². The first-order valence-electron chi connectivity index (χ1n) is 4.55. The Balaban J connectivity index is 2.87. The van der Waals surface area contributed by atoms with Crippen molar-refractivity contribution in [2.45, 2.75) is 6.92 Å². The van der Waals surface area contributed by atoms with Crippen molar-refractivity contribution >= 4 is 35.0 Å². The molecular formula is C10H11Cl2NO3. The van der Waals surface area contributed by atoms with Crippen LogP contribution in [0.3, 0.4) is 0 Å². The van der Waals surface area contributed by atoms with Gasteiger partial charge in [-0.05, 0) is 19.1 Å². The van der Waals surface area contributed by atoms with Gasteiger partial charge in [-0.2, -0.15) is 0 Å². The molecule has 0 aliphatic rings. The predicted molar refractivity (Wildman–Crippen MR) is 63.7 cm³/mol. The topological polar surface area (TPSA) is 47.6 Å². The number of hydrogen-bond acceptors (Lipinski definition) is 3. The van der Waals surface area contributed by atoms with E-state index in [9.17, 15) is 4.79 Å². The smallest absolute Gasteiger partial charge is 0.411 e. The van der Waals surface area contributed by atoms with Crippen LogP contribution in [0.5, 0.6) is 5.75 Å². The summed E-state index contributed by atoms with van der Waals surface area (Å²) in [6.45, 7) is 2.01. The van der Waals surface area contributed by atoms with Gasteiger partial charge in [0.25, 0.3) is 0 Å². The second-order valence-electron chi connectivity index (χ2n) is 2.82. The molecule has 0 saturated heterocycles. The van der Waals surface area contributed by atoms with Gasteiger partial charge in [-0.3, -0.25) is 5.32 Å². The van der Waals surface area contributed by atoms with Crippen LogP contribution in [0.25, 0.3) is 0 Å². The van der Waals surface area contributed by atoms with Crippen LogP contribution in [-0.2, 0) is 4.74 Å². The molecule has 1 rings (SSSR count). The number of hydrogen-bond donors (Lipinski definition) is 1. The van der Waals surface area contributed by atoms with Crippen molar-refractivity contribution in [1.82, 2.24) is 0 Å². The summed E-state index contributed by atoms with van der Waals surface area (Å²) in [6.07, 6.45) is -0.556. The summed E-state index contributed by atoms with van der Waals surface area (Å²) >= 11 is 11.8. The lowest BCUT2D eigenvalue weighted by Gasteiger charge is -2.09. The SMILES string of the molecule is CCOC(=O)Nc1cc(Cl)c(OC)c(Cl)c1. The fraction of sp³-hybridized carbons (Fsp3) is 0.300. The van der Waals surface area contributed by atoms with Crippen molar-refractivity contribution in [2.75, 3.05) is 19.0 Å². The Kier molecular flexibility index (Phi) is 4.71. The van der Waals surface area contributed by atoms with Gasteiger partial charge in [0.2, 0.25) is 0 Å². The lowest BCUT2D eigenvalue weighted by Crippen LogP contribution is -2.13. The first kappa shape index (κ1) is 12.9. The van der Waals surface area contributed by atoms with Gasteiger partial charge < -0.3 is 9.47 Å². The summed E-state index contributed by atoms with van der Waals surface area (Å²) in [7, 11) is 1.46. The van der Waals surface area contributed by atoms with Crippen LogP contribution in [0.15, 0.2) is 12.1 Å². The van der Waals surface area contributed by atoms with E-state index in [1.165, 1.54) is 19.2 Å². The molecule has 0 bridgehead atoms. The minimum absolute atomic E-state index is 0.295. The summed E-state index contributed by atoms with van der Waals surface area (Å²) < 4.78 is 9.69. The van der Waals surface area contributed by atoms with E-state index in [2.05, 4.69) is 5.32 Å². The minimum atomic E-state index is -0.556. The maximum Gasteiger partial charge on any atom is 0.411 e. The first-order chi connectivity index (χ1) is 7.58. The molecule has 1 amide bonds. The Bertz CT molecular complexity index is 373. The summed E-state index contributed by atoms with van der Waals surface area (Å²) in [6, 6.07) is 3.06. The Morgan fingerprint density at radius 3 is 2.38 bits per heavy atom. The van der Waals surface area contributed by atoms with Crippen molar-refractivity contribution in [3.8, 4) is 5.75 Å². The van der Waals surface area contributed by atoms with Crippen LogP contribution < -0.4 is 10.1 Å². The number of carbonyl (C=O) groups is 1. The molecule has 0 aromatic heterocycles. The molecule has 0 atom stereocenters. The molecule has 4 nitrogen and oxygen atoms in total. The molecule has 0 radical (unpaired) electrons. The van der Waals surface area contributed by atoms with E-state index < -0.39 is 6.09 Å². The van der Waals surface area contributed by atoms with E-state index in [1.807, 2.05) is 0 Å². The number of amides is 1. The maximum atomic E-state index is 11.1. The molecular weight excluding hydrogens is 253 g/mol. The molecule has 0 heterocycles. The molecule has 0 aliphatic heterocycles. The Morgan fingerprint density at radius 1 is 1.38 bits per heavy atom. The summed E-state index contributed by atoms with van der Waals surface area (Å²) in [5.74, 6) is 0.373. The van der Waals surface area contributed by atoms with Gasteiger partial charge in [0.1, 0.15) is 0 Å². The second kappa shape index (κ2) is 5.82. The highest BCUT2D eigenvalue weighted by atomic mass is 35.5. The van der Waals surface area contributed by atoms with Crippen LogP contribution in [0.2, 0.25) is 10.0 Å². The number of nitrogens with one attached hydrogen (secondary N) is 1. The molecule has 0 fully saturated rings. The van der Waals surface area contributed by atoms with Crippen LogP contribution in [-0.4, -0.2) is 19.8 Å². The van der Waals surface area contributed by atoms with Crippen molar-refractivity contribution in [1.29, 1.82) is 0 Å². The third-order valence-electron chi connectivity index (χ3n) is 1.72. The first-order valence-corrected chi connectivity index (χ1v) is 5.30. The number of methoxy groups -OCH3 is 1. The maximum absolute atomic E-state index is 11.1. The van der Waals surface area contributed by atoms with Crippen LogP contribution in [0.4, 0.5) is 10.5 Å². The van der Waals surface area contributed by atoms with E-state index in [1.54, 1.807) is 6.92 Å². The number of halogens is 2. The number of ether oxygens (including phenoxy) is 2. The number of rotatable bonds is 3. The molecule has 6 heteroatoms. The van der Waals surface area contributed by atoms with Crippen molar-refractivity contribution < 1.29 is 14.3 Å². The highest BCUT2D eigenvalue weighted by molar-refractivity contribution is 6.37. The molecule has 88 valence electrons. The third kappa shape index (κ3) is 3.18. The molecule has 1 aromatic rings. The summed E-state index contributed by atoms with van der Waals surface area (Å²) in [5, 5.41) is 3.13. The normalized spacial score (nSPS) is 9.75. The van der Waals surface area contributed by atoms with Crippen molar-refractivity contribution in [3.63, 3.8) is 0 Å². The van der Waals surface area contributed by atoms with Gasteiger partial charge in [-0.15, -0.1) is 0 Å². The zero-order chi connectivity index (χ0) is 12.1. The number of carbonyl (C=O) groups excluding carboxylic acids is 1. The molecule has 0 spiro atoms. The van der Waals surface area contributed by atoms with Gasteiger partial charge >= 0.3 is 6.09 Å². The Hall–Kier alpha value is -1.13. The van der Waals surface area contributed by atoms with E-state index in [0.29, 0.717) is 28.1 Å². The van der Waals surface area contributed by atoms with Gasteiger partial charge in [0.15, 0.2) is 5.75 Å². The summed E-state index contributed by atoms with van der Waals surface area (Å²) in [5.41, 5.74) is 0.453. The Morgan fingerprint density at radius 2 is 1.94 bits per heavy atom. The highest BCUT2D eigenvalue weighted by Crippen LogP contribution is 2.35. The fourth-order valence-electron chi connectivity index (χ4n) is 1.11. The van der Waals surface area contributed by atoms with Gasteiger partial charge in [-0.25, -0.2) is 4.79 Å². The monoisotopic (exact) mass is 263 g/mol. The van der Waals surface area contributed by atoms with E-state index in [-0.39, 0.29) is 0 Å². The van der Waals surface area contributed by atoms with Crippen LogP contribution >= 0.6 is 23.2 Å².